The topological polar surface area (TPSA) is 49.3 Å². The predicted molar refractivity (Wildman–Crippen MR) is 138 cm³/mol. The Kier molecular flexibility index (Phi) is 5.69. The molecule has 1 unspecified atom stereocenters. The summed E-state index contributed by atoms with van der Waals surface area (Å²) in [7, 11) is 0. The zero-order chi connectivity index (χ0) is 24.0. The van der Waals surface area contributed by atoms with Gasteiger partial charge < -0.3 is 10.4 Å². The van der Waals surface area contributed by atoms with Crippen molar-refractivity contribution in [2.24, 2.45) is 5.92 Å². The lowest BCUT2D eigenvalue weighted by Crippen LogP contribution is -2.30. The lowest BCUT2D eigenvalue weighted by molar-refractivity contribution is 0.102. The van der Waals surface area contributed by atoms with Crippen LogP contribution in [0.3, 0.4) is 0 Å². The van der Waals surface area contributed by atoms with Gasteiger partial charge in [-0.25, -0.2) is 0 Å². The maximum atomic E-state index is 12.5. The van der Waals surface area contributed by atoms with Crippen molar-refractivity contribution in [3.8, 4) is 5.75 Å². The van der Waals surface area contributed by atoms with Gasteiger partial charge in [-0.1, -0.05) is 71.0 Å². The van der Waals surface area contributed by atoms with Crippen LogP contribution in [0.15, 0.2) is 66.7 Å². The molecular weight excluding hydrogens is 406 g/mol. The highest BCUT2D eigenvalue weighted by Gasteiger charge is 2.48. The smallest absolute Gasteiger partial charge is 0.255 e. The molecule has 0 fully saturated rings. The number of rotatable bonds is 4. The quantitative estimate of drug-likeness (QED) is 0.328. The van der Waals surface area contributed by atoms with Gasteiger partial charge in [0.25, 0.3) is 5.91 Å². The van der Waals surface area contributed by atoms with E-state index in [-0.39, 0.29) is 22.5 Å². The molecule has 4 rings (SSSR count). The first-order valence-corrected chi connectivity index (χ1v) is 11.5. The van der Waals surface area contributed by atoms with E-state index in [4.69, 9.17) is 0 Å². The summed E-state index contributed by atoms with van der Waals surface area (Å²) in [4.78, 5) is 12.5. The molecule has 3 heteroatoms. The highest BCUT2D eigenvalue weighted by Crippen LogP contribution is 2.53. The van der Waals surface area contributed by atoms with E-state index in [1.807, 2.05) is 24.3 Å². The first-order chi connectivity index (χ1) is 15.5. The molecule has 1 aliphatic carbocycles. The third-order valence-electron chi connectivity index (χ3n) is 7.71. The molecule has 0 aromatic heterocycles. The van der Waals surface area contributed by atoms with Crippen molar-refractivity contribution in [2.45, 2.75) is 52.4 Å². The zero-order valence-corrected chi connectivity index (χ0v) is 20.4. The van der Waals surface area contributed by atoms with E-state index in [9.17, 15) is 9.90 Å². The number of fused-ring (bicyclic) bond motifs is 1. The Labute approximate surface area is 197 Å². The summed E-state index contributed by atoms with van der Waals surface area (Å²) in [6, 6.07) is 21.0. The SMILES string of the molecule is C/C(=C\c1ccc(C(=O)Nc2ccc(O)cc2)cc1)c1ccc2c(c1)C(C)(C)C(C)C2(C)C. The molecule has 3 nitrogen and oxygen atoms in total. The van der Waals surface area contributed by atoms with Crippen LogP contribution in [-0.4, -0.2) is 11.0 Å². The normalized spacial score (nSPS) is 18.6. The highest BCUT2D eigenvalue weighted by atomic mass is 16.3. The number of nitrogens with one attached hydrogen (secondary N) is 1. The fourth-order valence-electron chi connectivity index (χ4n) is 5.07. The first-order valence-electron chi connectivity index (χ1n) is 11.5. The summed E-state index contributed by atoms with van der Waals surface area (Å²) in [6.07, 6.45) is 2.17. The van der Waals surface area contributed by atoms with Crippen molar-refractivity contribution in [1.82, 2.24) is 0 Å². The molecule has 0 bridgehead atoms. The van der Waals surface area contributed by atoms with E-state index in [2.05, 4.69) is 71.1 Å². The molecule has 3 aromatic rings. The van der Waals surface area contributed by atoms with Gasteiger partial charge in [0.05, 0.1) is 0 Å². The maximum Gasteiger partial charge on any atom is 0.255 e. The molecule has 0 aliphatic heterocycles. The number of benzene rings is 3. The Morgan fingerprint density at radius 1 is 0.848 bits per heavy atom. The highest BCUT2D eigenvalue weighted by molar-refractivity contribution is 6.04. The molecule has 1 amide bonds. The van der Waals surface area contributed by atoms with E-state index in [0.717, 1.165) is 5.56 Å². The second-order valence-corrected chi connectivity index (χ2v) is 10.4. The molecule has 170 valence electrons. The Balaban J connectivity index is 1.54. The maximum absolute atomic E-state index is 12.5. The number of phenols is 1. The Morgan fingerprint density at radius 2 is 1.42 bits per heavy atom. The summed E-state index contributed by atoms with van der Waals surface area (Å²) >= 11 is 0. The predicted octanol–water partition coefficient (Wildman–Crippen LogP) is 7.41. The average molecular weight is 440 g/mol. The van der Waals surface area contributed by atoms with Crippen molar-refractivity contribution in [3.63, 3.8) is 0 Å². The Hall–Kier alpha value is -3.33. The summed E-state index contributed by atoms with van der Waals surface area (Å²) in [6.45, 7) is 13.9. The number of aromatic hydroxyl groups is 1. The molecule has 1 aliphatic rings. The molecular formula is C30H33NO2. The van der Waals surface area contributed by atoms with E-state index in [0.29, 0.717) is 17.2 Å². The second-order valence-electron chi connectivity index (χ2n) is 10.4. The van der Waals surface area contributed by atoms with Gasteiger partial charge in [-0.15, -0.1) is 0 Å². The third-order valence-corrected chi connectivity index (χ3v) is 7.71. The molecule has 2 N–H and O–H groups in total. The third kappa shape index (κ3) is 4.20. The van der Waals surface area contributed by atoms with Crippen LogP contribution in [0, 0.1) is 5.92 Å². The minimum Gasteiger partial charge on any atom is -0.508 e. The lowest BCUT2D eigenvalue weighted by Gasteiger charge is -2.32. The van der Waals surface area contributed by atoms with Gasteiger partial charge in [0.15, 0.2) is 0 Å². The van der Waals surface area contributed by atoms with Crippen molar-refractivity contribution in [3.05, 3.63) is 94.5 Å². The number of carbonyl (C=O) groups excluding carboxylic acids is 1. The van der Waals surface area contributed by atoms with Crippen molar-refractivity contribution < 1.29 is 9.90 Å². The molecule has 3 aromatic carbocycles. The molecule has 33 heavy (non-hydrogen) atoms. The van der Waals surface area contributed by atoms with Gasteiger partial charge in [0.2, 0.25) is 0 Å². The fraction of sp³-hybridized carbons (Fsp3) is 0.300. The van der Waals surface area contributed by atoms with Gasteiger partial charge >= 0.3 is 0 Å². The summed E-state index contributed by atoms with van der Waals surface area (Å²) in [5.41, 5.74) is 7.96. The fourth-order valence-corrected chi connectivity index (χ4v) is 5.07. The number of amides is 1. The number of hydrogen-bond acceptors (Lipinski definition) is 2. The number of carbonyl (C=O) groups is 1. The van der Waals surface area contributed by atoms with Crippen LogP contribution in [0.1, 0.15) is 74.2 Å². The van der Waals surface area contributed by atoms with Crippen molar-refractivity contribution >= 4 is 23.2 Å². The summed E-state index contributed by atoms with van der Waals surface area (Å²) < 4.78 is 0. The van der Waals surface area contributed by atoms with Crippen LogP contribution in [0.25, 0.3) is 11.6 Å². The second kappa shape index (κ2) is 8.22. The average Bonchev–Trinajstić information content (AvgIpc) is 2.92. The van der Waals surface area contributed by atoms with E-state index < -0.39 is 0 Å². The minimum absolute atomic E-state index is 0.141. The van der Waals surface area contributed by atoms with Gasteiger partial charge in [-0.3, -0.25) is 4.79 Å². The van der Waals surface area contributed by atoms with Crippen LogP contribution < -0.4 is 5.32 Å². The lowest BCUT2D eigenvalue weighted by atomic mass is 9.71. The van der Waals surface area contributed by atoms with Crippen LogP contribution >= 0.6 is 0 Å². The largest absolute Gasteiger partial charge is 0.508 e. The molecule has 0 saturated carbocycles. The molecule has 0 heterocycles. The number of hydrogen-bond donors (Lipinski definition) is 2. The summed E-state index contributed by atoms with van der Waals surface area (Å²) in [5.74, 6) is 0.565. The van der Waals surface area contributed by atoms with Crippen LogP contribution in [0.2, 0.25) is 0 Å². The monoisotopic (exact) mass is 439 g/mol. The van der Waals surface area contributed by atoms with Gasteiger partial charge in [-0.05, 0) is 87.9 Å². The minimum atomic E-state index is -0.175. The molecule has 0 radical (unpaired) electrons. The number of phenolic OH excluding ortho intramolecular Hbond substituents is 1. The van der Waals surface area contributed by atoms with Crippen molar-refractivity contribution in [2.75, 3.05) is 5.32 Å². The molecule has 1 atom stereocenters. The molecule has 0 saturated heterocycles. The Morgan fingerprint density at radius 3 is 2.06 bits per heavy atom. The van der Waals surface area contributed by atoms with Crippen LogP contribution in [0.5, 0.6) is 5.75 Å². The first kappa shape index (κ1) is 22.8. The van der Waals surface area contributed by atoms with Crippen molar-refractivity contribution in [1.29, 1.82) is 0 Å². The van der Waals surface area contributed by atoms with Gasteiger partial charge in [0, 0.05) is 11.3 Å². The van der Waals surface area contributed by atoms with Gasteiger partial charge in [0.1, 0.15) is 5.75 Å². The van der Waals surface area contributed by atoms with Gasteiger partial charge in [-0.2, -0.15) is 0 Å². The van der Waals surface area contributed by atoms with Crippen LogP contribution in [-0.2, 0) is 10.8 Å². The zero-order valence-electron chi connectivity index (χ0n) is 20.4. The Bertz CT molecular complexity index is 1220. The standard InChI is InChI=1S/C30H33NO2/c1-19(23-11-16-26-27(18-23)30(5,6)20(2)29(26,3)4)17-21-7-9-22(10-8-21)28(33)31-24-12-14-25(32)15-13-24/h7-18,20,32H,1-6H3,(H,31,33)/b19-17+. The number of allylic oxidation sites excluding steroid dienone is 1. The van der Waals surface area contributed by atoms with E-state index >= 15 is 0 Å². The van der Waals surface area contributed by atoms with E-state index in [1.165, 1.54) is 22.3 Å². The number of anilines is 1. The summed E-state index contributed by atoms with van der Waals surface area (Å²) in [5, 5.41) is 12.2. The molecule has 0 spiro atoms. The van der Waals surface area contributed by atoms with E-state index in [1.54, 1.807) is 24.3 Å². The van der Waals surface area contributed by atoms with Crippen LogP contribution in [0.4, 0.5) is 5.69 Å².